The normalized spacial score (nSPS) is 10.3. The molecule has 3 rings (SSSR count). The highest BCUT2D eigenvalue weighted by Gasteiger charge is 2.07. The summed E-state index contributed by atoms with van der Waals surface area (Å²) in [6.07, 6.45) is 0. The zero-order valence-corrected chi connectivity index (χ0v) is 15.0. The fourth-order valence-electron chi connectivity index (χ4n) is 2.39. The molecule has 0 aliphatic rings. The third-order valence-electron chi connectivity index (χ3n) is 3.74. The van der Waals surface area contributed by atoms with Gasteiger partial charge in [0.05, 0.1) is 10.7 Å². The van der Waals surface area contributed by atoms with E-state index in [4.69, 9.17) is 5.73 Å². The van der Waals surface area contributed by atoms with Gasteiger partial charge in [0.1, 0.15) is 0 Å². The number of nitrogens with zero attached hydrogens (tertiary/aromatic N) is 1. The molecule has 6 nitrogen and oxygen atoms in total. The molecule has 3 aromatic rings. The van der Waals surface area contributed by atoms with Crippen molar-refractivity contribution in [3.63, 3.8) is 0 Å². The summed E-state index contributed by atoms with van der Waals surface area (Å²) in [5, 5.41) is 8.40. The molecule has 3 amide bonds. The highest BCUT2D eigenvalue weighted by atomic mass is 32.1. The molecule has 0 spiro atoms. The van der Waals surface area contributed by atoms with Crippen molar-refractivity contribution >= 4 is 29.0 Å². The molecule has 1 aromatic heterocycles. The first kappa shape index (κ1) is 17.6. The Hall–Kier alpha value is -3.19. The van der Waals surface area contributed by atoms with E-state index < -0.39 is 6.03 Å². The number of carbonyl (C=O) groups excluding carboxylic acids is 2. The number of aromatic nitrogens is 1. The van der Waals surface area contributed by atoms with Crippen molar-refractivity contribution in [1.82, 2.24) is 10.3 Å². The van der Waals surface area contributed by atoms with Gasteiger partial charge in [0, 0.05) is 28.7 Å². The van der Waals surface area contributed by atoms with Crippen molar-refractivity contribution in [2.24, 2.45) is 5.73 Å². The van der Waals surface area contributed by atoms with Crippen LogP contribution >= 0.6 is 11.3 Å². The smallest absolute Gasteiger partial charge is 0.312 e. The molecule has 0 bridgehead atoms. The van der Waals surface area contributed by atoms with Gasteiger partial charge in [-0.15, -0.1) is 11.3 Å². The SMILES string of the molecule is Cc1nc(-c2ccc(NC(=O)c3ccc(CNC(N)=O)cc3)cc2)cs1. The first-order valence-corrected chi connectivity index (χ1v) is 8.85. The number of nitrogens with one attached hydrogen (secondary N) is 2. The van der Waals surface area contributed by atoms with Crippen LogP contribution in [-0.2, 0) is 6.54 Å². The van der Waals surface area contributed by atoms with E-state index >= 15 is 0 Å². The third kappa shape index (κ3) is 4.46. The molecule has 0 aliphatic heterocycles. The predicted octanol–water partition coefficient (Wildman–Crippen LogP) is 3.54. The van der Waals surface area contributed by atoms with Gasteiger partial charge in [-0.2, -0.15) is 0 Å². The molecule has 0 saturated heterocycles. The van der Waals surface area contributed by atoms with Gasteiger partial charge in [0.25, 0.3) is 5.91 Å². The molecule has 1 heterocycles. The number of nitrogens with two attached hydrogens (primary N) is 1. The Morgan fingerprint density at radius 2 is 1.77 bits per heavy atom. The molecule has 0 aliphatic carbocycles. The van der Waals surface area contributed by atoms with E-state index in [-0.39, 0.29) is 5.91 Å². The number of carbonyl (C=O) groups is 2. The predicted molar refractivity (Wildman–Crippen MR) is 103 cm³/mol. The highest BCUT2D eigenvalue weighted by Crippen LogP contribution is 2.23. The number of hydrogen-bond acceptors (Lipinski definition) is 4. The van der Waals surface area contributed by atoms with Crippen LogP contribution in [-0.4, -0.2) is 16.9 Å². The van der Waals surface area contributed by atoms with Crippen molar-refractivity contribution in [1.29, 1.82) is 0 Å². The lowest BCUT2D eigenvalue weighted by atomic mass is 10.1. The molecule has 2 aromatic carbocycles. The van der Waals surface area contributed by atoms with E-state index in [0.717, 1.165) is 21.8 Å². The molecule has 7 heteroatoms. The molecule has 132 valence electrons. The molecule has 26 heavy (non-hydrogen) atoms. The molecule has 0 atom stereocenters. The van der Waals surface area contributed by atoms with Gasteiger partial charge in [-0.25, -0.2) is 9.78 Å². The second kappa shape index (κ2) is 7.79. The Kier molecular flexibility index (Phi) is 5.28. The van der Waals surface area contributed by atoms with Gasteiger partial charge in [-0.1, -0.05) is 24.3 Å². The first-order chi connectivity index (χ1) is 12.5. The van der Waals surface area contributed by atoms with Crippen LogP contribution in [0.25, 0.3) is 11.3 Å². The number of amides is 3. The summed E-state index contributed by atoms with van der Waals surface area (Å²) in [6, 6.07) is 14.0. The number of urea groups is 1. The van der Waals surface area contributed by atoms with Gasteiger partial charge in [-0.3, -0.25) is 4.79 Å². The van der Waals surface area contributed by atoms with Crippen LogP contribution in [0.3, 0.4) is 0 Å². The average molecular weight is 366 g/mol. The zero-order valence-electron chi connectivity index (χ0n) is 14.2. The molecule has 0 fully saturated rings. The second-order valence-electron chi connectivity index (χ2n) is 5.70. The number of primary amides is 1. The molecule has 4 N–H and O–H groups in total. The van der Waals surface area contributed by atoms with Gasteiger partial charge in [0.15, 0.2) is 0 Å². The summed E-state index contributed by atoms with van der Waals surface area (Å²) in [6.45, 7) is 2.30. The maximum Gasteiger partial charge on any atom is 0.312 e. The van der Waals surface area contributed by atoms with Crippen LogP contribution in [0.4, 0.5) is 10.5 Å². The van der Waals surface area contributed by atoms with Gasteiger partial charge < -0.3 is 16.4 Å². The zero-order chi connectivity index (χ0) is 18.5. The van der Waals surface area contributed by atoms with E-state index in [1.54, 1.807) is 35.6 Å². The largest absolute Gasteiger partial charge is 0.352 e. The van der Waals surface area contributed by atoms with Gasteiger partial charge >= 0.3 is 6.03 Å². The van der Waals surface area contributed by atoms with Crippen LogP contribution in [0, 0.1) is 6.92 Å². The Labute approximate surface area is 155 Å². The van der Waals surface area contributed by atoms with Crippen molar-refractivity contribution in [3.8, 4) is 11.3 Å². The summed E-state index contributed by atoms with van der Waals surface area (Å²) in [5.74, 6) is -0.198. The quantitative estimate of drug-likeness (QED) is 0.644. The Bertz CT molecular complexity index is 917. The minimum absolute atomic E-state index is 0.198. The van der Waals surface area contributed by atoms with Crippen LogP contribution in [0.2, 0.25) is 0 Å². The molecule has 0 unspecified atom stereocenters. The lowest BCUT2D eigenvalue weighted by Crippen LogP contribution is -2.28. The fraction of sp³-hybridized carbons (Fsp3) is 0.105. The van der Waals surface area contributed by atoms with Crippen LogP contribution in [0.15, 0.2) is 53.9 Å². The number of aryl methyl sites for hydroxylation is 1. The van der Waals surface area contributed by atoms with Crippen LogP contribution in [0.5, 0.6) is 0 Å². The van der Waals surface area contributed by atoms with E-state index in [2.05, 4.69) is 15.6 Å². The summed E-state index contributed by atoms with van der Waals surface area (Å²) in [5.41, 5.74) is 9.10. The highest BCUT2D eigenvalue weighted by molar-refractivity contribution is 7.09. The summed E-state index contributed by atoms with van der Waals surface area (Å²) in [7, 11) is 0. The number of anilines is 1. The van der Waals surface area contributed by atoms with Crippen molar-refractivity contribution in [2.75, 3.05) is 5.32 Å². The molecule has 0 saturated carbocycles. The minimum atomic E-state index is -0.580. The standard InChI is InChI=1S/C19H18N4O2S/c1-12-22-17(11-26-12)14-6-8-16(9-7-14)23-18(24)15-4-2-13(3-5-15)10-21-19(20)25/h2-9,11H,10H2,1H3,(H,23,24)(H3,20,21,25). The molecule has 0 radical (unpaired) electrons. The van der Waals surface area contributed by atoms with Gasteiger partial charge in [-0.05, 0) is 36.8 Å². The lowest BCUT2D eigenvalue weighted by Gasteiger charge is -2.07. The minimum Gasteiger partial charge on any atom is -0.352 e. The maximum absolute atomic E-state index is 12.3. The van der Waals surface area contributed by atoms with Crippen molar-refractivity contribution in [2.45, 2.75) is 13.5 Å². The van der Waals surface area contributed by atoms with E-state index in [0.29, 0.717) is 17.8 Å². The fourth-order valence-corrected chi connectivity index (χ4v) is 3.01. The summed E-state index contributed by atoms with van der Waals surface area (Å²) in [4.78, 5) is 27.5. The Morgan fingerprint density at radius 1 is 1.08 bits per heavy atom. The topological polar surface area (TPSA) is 97.1 Å². The number of thiazole rings is 1. The summed E-state index contributed by atoms with van der Waals surface area (Å²) < 4.78 is 0. The van der Waals surface area contributed by atoms with E-state index in [1.165, 1.54) is 0 Å². The average Bonchev–Trinajstić information content (AvgIpc) is 3.07. The monoisotopic (exact) mass is 366 g/mol. The lowest BCUT2D eigenvalue weighted by molar-refractivity contribution is 0.102. The third-order valence-corrected chi connectivity index (χ3v) is 4.51. The van der Waals surface area contributed by atoms with E-state index in [9.17, 15) is 9.59 Å². The van der Waals surface area contributed by atoms with E-state index in [1.807, 2.05) is 36.6 Å². The molecular weight excluding hydrogens is 348 g/mol. The summed E-state index contributed by atoms with van der Waals surface area (Å²) >= 11 is 1.61. The molecular formula is C19H18N4O2S. The second-order valence-corrected chi connectivity index (χ2v) is 6.76. The Balaban J connectivity index is 1.63. The number of rotatable bonds is 5. The van der Waals surface area contributed by atoms with Gasteiger partial charge in [0.2, 0.25) is 0 Å². The number of benzene rings is 2. The maximum atomic E-state index is 12.3. The first-order valence-electron chi connectivity index (χ1n) is 7.97. The van der Waals surface area contributed by atoms with Crippen molar-refractivity contribution in [3.05, 3.63) is 70.0 Å². The van der Waals surface area contributed by atoms with Crippen LogP contribution in [0.1, 0.15) is 20.9 Å². The Morgan fingerprint density at radius 3 is 2.35 bits per heavy atom. The number of hydrogen-bond donors (Lipinski definition) is 3. The van der Waals surface area contributed by atoms with Crippen molar-refractivity contribution < 1.29 is 9.59 Å². The van der Waals surface area contributed by atoms with Crippen LogP contribution < -0.4 is 16.4 Å².